The Hall–Kier alpha value is -0.160. The molecule has 2 aliphatic heterocycles. The topological polar surface area (TPSA) is 50.7 Å². The highest BCUT2D eigenvalue weighted by Gasteiger charge is 2.38. The van der Waals surface area contributed by atoms with Gasteiger partial charge in [-0.15, -0.1) is 0 Å². The molecule has 0 aromatic carbocycles. The Balaban J connectivity index is 1.78. The molecule has 4 heteroatoms. The van der Waals surface area contributed by atoms with E-state index in [2.05, 4.69) is 5.32 Å². The van der Waals surface area contributed by atoms with Crippen LogP contribution in [0.4, 0.5) is 0 Å². The molecule has 1 spiro atoms. The minimum absolute atomic E-state index is 0.0768. The van der Waals surface area contributed by atoms with E-state index in [0.717, 1.165) is 58.5 Å². The van der Waals surface area contributed by atoms with E-state index in [1.165, 1.54) is 0 Å². The highest BCUT2D eigenvalue weighted by molar-refractivity contribution is 4.91. The second-order valence-corrected chi connectivity index (χ2v) is 4.86. The van der Waals surface area contributed by atoms with Crippen LogP contribution >= 0.6 is 0 Å². The molecule has 2 aliphatic rings. The van der Waals surface area contributed by atoms with Crippen LogP contribution in [0, 0.1) is 0 Å². The maximum Gasteiger partial charge on any atom is 0.0741 e. The average Bonchev–Trinajstić information content (AvgIpc) is 2.31. The van der Waals surface area contributed by atoms with E-state index in [0.29, 0.717) is 6.04 Å². The highest BCUT2D eigenvalue weighted by Crippen LogP contribution is 2.34. The molecule has 1 atom stereocenters. The molecule has 0 radical (unpaired) electrons. The van der Waals surface area contributed by atoms with Gasteiger partial charge in [-0.2, -0.15) is 0 Å². The molecule has 94 valence electrons. The fraction of sp³-hybridized carbons (Fsp3) is 1.00. The Morgan fingerprint density at radius 3 is 2.81 bits per heavy atom. The van der Waals surface area contributed by atoms with E-state index in [9.17, 15) is 0 Å². The average molecular weight is 229 g/mol. The van der Waals surface area contributed by atoms with Gasteiger partial charge in [0.25, 0.3) is 0 Å². The quantitative estimate of drug-likeness (QED) is 0.696. The van der Waals surface area contributed by atoms with Crippen LogP contribution in [0.3, 0.4) is 0 Å². The lowest BCUT2D eigenvalue weighted by molar-refractivity contribution is -0.140. The molecular weight excluding hydrogens is 206 g/mol. The fourth-order valence-electron chi connectivity index (χ4n) is 2.68. The van der Waals surface area contributed by atoms with Crippen LogP contribution in [-0.2, 0) is 9.47 Å². The third-order valence-corrected chi connectivity index (χ3v) is 3.66. The summed E-state index contributed by atoms with van der Waals surface area (Å²) in [6, 6.07) is 0.554. The van der Waals surface area contributed by atoms with Crippen LogP contribution < -0.4 is 5.32 Å². The van der Waals surface area contributed by atoms with Crippen molar-refractivity contribution in [3.63, 3.8) is 0 Å². The number of nitrogens with one attached hydrogen (secondary N) is 1. The molecule has 0 saturated carbocycles. The van der Waals surface area contributed by atoms with Gasteiger partial charge < -0.3 is 19.9 Å². The van der Waals surface area contributed by atoms with Gasteiger partial charge in [0.05, 0.1) is 5.60 Å². The van der Waals surface area contributed by atoms with Gasteiger partial charge in [0.2, 0.25) is 0 Å². The van der Waals surface area contributed by atoms with E-state index in [1.54, 1.807) is 0 Å². The summed E-state index contributed by atoms with van der Waals surface area (Å²) in [5.41, 5.74) is 0.0768. The molecule has 4 nitrogen and oxygen atoms in total. The van der Waals surface area contributed by atoms with E-state index in [-0.39, 0.29) is 12.2 Å². The number of aliphatic hydroxyl groups excluding tert-OH is 1. The molecule has 2 fully saturated rings. The van der Waals surface area contributed by atoms with Gasteiger partial charge in [-0.05, 0) is 38.6 Å². The van der Waals surface area contributed by atoms with Crippen molar-refractivity contribution in [1.29, 1.82) is 0 Å². The Morgan fingerprint density at radius 2 is 2.06 bits per heavy atom. The molecule has 0 bridgehead atoms. The lowest BCUT2D eigenvalue weighted by atomic mass is 9.84. The van der Waals surface area contributed by atoms with E-state index in [1.807, 2.05) is 0 Å². The Kier molecular flexibility index (Phi) is 4.58. The number of rotatable bonds is 4. The predicted octanol–water partition coefficient (Wildman–Crippen LogP) is 0.687. The van der Waals surface area contributed by atoms with Crippen molar-refractivity contribution in [3.8, 4) is 0 Å². The SMILES string of the molecule is OCCCNC1CCOC2(CCOCC2)C1. The summed E-state index contributed by atoms with van der Waals surface area (Å²) in [6.07, 6.45) is 5.10. The zero-order valence-corrected chi connectivity index (χ0v) is 9.91. The second-order valence-electron chi connectivity index (χ2n) is 4.86. The summed E-state index contributed by atoms with van der Waals surface area (Å²) < 4.78 is 11.4. The summed E-state index contributed by atoms with van der Waals surface area (Å²) in [7, 11) is 0. The molecule has 1 unspecified atom stereocenters. The third kappa shape index (κ3) is 3.17. The highest BCUT2D eigenvalue weighted by atomic mass is 16.5. The van der Waals surface area contributed by atoms with Crippen LogP contribution in [0.2, 0.25) is 0 Å². The molecule has 2 heterocycles. The minimum Gasteiger partial charge on any atom is -0.396 e. The summed E-state index contributed by atoms with van der Waals surface area (Å²) >= 11 is 0. The normalized spacial score (nSPS) is 29.4. The van der Waals surface area contributed by atoms with Gasteiger partial charge in [-0.1, -0.05) is 0 Å². The summed E-state index contributed by atoms with van der Waals surface area (Å²) in [4.78, 5) is 0. The van der Waals surface area contributed by atoms with Crippen molar-refractivity contribution in [3.05, 3.63) is 0 Å². The van der Waals surface area contributed by atoms with Crippen LogP contribution in [0.1, 0.15) is 32.1 Å². The molecular formula is C12H23NO3. The van der Waals surface area contributed by atoms with Crippen LogP contribution in [0.25, 0.3) is 0 Å². The molecule has 2 rings (SSSR count). The van der Waals surface area contributed by atoms with E-state index in [4.69, 9.17) is 14.6 Å². The van der Waals surface area contributed by atoms with Gasteiger partial charge in [-0.3, -0.25) is 0 Å². The Bertz CT molecular complexity index is 199. The number of hydrogen-bond donors (Lipinski definition) is 2. The molecule has 0 aromatic rings. The minimum atomic E-state index is 0.0768. The van der Waals surface area contributed by atoms with Crippen molar-refractivity contribution in [2.24, 2.45) is 0 Å². The number of ether oxygens (including phenoxy) is 2. The van der Waals surface area contributed by atoms with Gasteiger partial charge >= 0.3 is 0 Å². The molecule has 2 N–H and O–H groups in total. The maximum atomic E-state index is 8.76. The lowest BCUT2D eigenvalue weighted by Gasteiger charge is -2.43. The first-order chi connectivity index (χ1) is 7.85. The predicted molar refractivity (Wildman–Crippen MR) is 61.5 cm³/mol. The van der Waals surface area contributed by atoms with Crippen molar-refractivity contribution in [2.45, 2.75) is 43.7 Å². The molecule has 2 saturated heterocycles. The Morgan fingerprint density at radius 1 is 1.25 bits per heavy atom. The van der Waals surface area contributed by atoms with Crippen LogP contribution in [0.5, 0.6) is 0 Å². The standard InChI is InChI=1S/C12H23NO3/c14-6-1-5-13-11-2-7-16-12(10-11)3-8-15-9-4-12/h11,13-14H,1-10H2. The summed E-state index contributed by atoms with van der Waals surface area (Å²) in [5.74, 6) is 0. The van der Waals surface area contributed by atoms with Gasteiger partial charge in [0, 0.05) is 32.5 Å². The largest absolute Gasteiger partial charge is 0.396 e. The summed E-state index contributed by atoms with van der Waals surface area (Å²) in [6.45, 7) is 3.71. The van der Waals surface area contributed by atoms with Gasteiger partial charge in [0.1, 0.15) is 0 Å². The van der Waals surface area contributed by atoms with Crippen molar-refractivity contribution >= 4 is 0 Å². The molecule has 0 amide bonds. The molecule has 0 aliphatic carbocycles. The number of hydrogen-bond acceptors (Lipinski definition) is 4. The first-order valence-corrected chi connectivity index (χ1v) is 6.41. The first-order valence-electron chi connectivity index (χ1n) is 6.41. The van der Waals surface area contributed by atoms with Crippen molar-refractivity contribution in [1.82, 2.24) is 5.32 Å². The van der Waals surface area contributed by atoms with E-state index >= 15 is 0 Å². The van der Waals surface area contributed by atoms with Crippen molar-refractivity contribution < 1.29 is 14.6 Å². The van der Waals surface area contributed by atoms with Gasteiger partial charge in [0.15, 0.2) is 0 Å². The van der Waals surface area contributed by atoms with Gasteiger partial charge in [-0.25, -0.2) is 0 Å². The zero-order valence-electron chi connectivity index (χ0n) is 9.91. The second kappa shape index (κ2) is 5.96. The summed E-state index contributed by atoms with van der Waals surface area (Å²) in [5, 5.41) is 12.3. The fourth-order valence-corrected chi connectivity index (χ4v) is 2.68. The monoisotopic (exact) mass is 229 g/mol. The zero-order chi connectivity index (χ0) is 11.3. The van der Waals surface area contributed by atoms with Crippen molar-refractivity contribution in [2.75, 3.05) is 33.0 Å². The molecule has 16 heavy (non-hydrogen) atoms. The number of aliphatic hydroxyl groups is 1. The first kappa shape index (κ1) is 12.3. The van der Waals surface area contributed by atoms with E-state index < -0.39 is 0 Å². The van der Waals surface area contributed by atoms with Crippen LogP contribution in [0.15, 0.2) is 0 Å². The molecule has 0 aromatic heterocycles. The van der Waals surface area contributed by atoms with Crippen LogP contribution in [-0.4, -0.2) is 49.7 Å². The maximum absolute atomic E-state index is 8.76. The Labute approximate surface area is 97.3 Å². The lowest BCUT2D eigenvalue weighted by Crippen LogP contribution is -2.50. The smallest absolute Gasteiger partial charge is 0.0741 e. The third-order valence-electron chi connectivity index (χ3n) is 3.66.